The van der Waals surface area contributed by atoms with Crippen LogP contribution >= 0.6 is 22.7 Å². The Morgan fingerprint density at radius 2 is 1.81 bits per heavy atom. The average molecular weight is 667 g/mol. The number of hydrogen-bond acceptors (Lipinski definition) is 9. The van der Waals surface area contributed by atoms with Crippen LogP contribution in [0.3, 0.4) is 0 Å². The van der Waals surface area contributed by atoms with Gasteiger partial charge in [0.25, 0.3) is 5.56 Å². The number of rotatable bonds is 7. The van der Waals surface area contributed by atoms with Gasteiger partial charge in [-0.3, -0.25) is 9.36 Å². The van der Waals surface area contributed by atoms with Gasteiger partial charge in [0, 0.05) is 21.8 Å². The number of nitriles is 1. The van der Waals surface area contributed by atoms with E-state index in [-0.39, 0.29) is 17.7 Å². The number of aromatic nitrogens is 2. The molecule has 0 bridgehead atoms. The van der Waals surface area contributed by atoms with Gasteiger partial charge in [-0.1, -0.05) is 23.5 Å². The molecule has 1 atom stereocenters. The lowest BCUT2D eigenvalue weighted by molar-refractivity contribution is -0.139. The van der Waals surface area contributed by atoms with Crippen molar-refractivity contribution in [2.75, 3.05) is 20.8 Å². The summed E-state index contributed by atoms with van der Waals surface area (Å²) in [4.78, 5) is 34.4. The first-order chi connectivity index (χ1) is 22.5. The van der Waals surface area contributed by atoms with Gasteiger partial charge in [0.2, 0.25) is 0 Å². The van der Waals surface area contributed by atoms with Crippen molar-refractivity contribution in [2.24, 2.45) is 4.99 Å². The van der Waals surface area contributed by atoms with E-state index in [2.05, 4.69) is 10.6 Å². The molecule has 240 valence electrons. The number of esters is 1. The van der Waals surface area contributed by atoms with E-state index in [1.54, 1.807) is 44.0 Å². The van der Waals surface area contributed by atoms with Crippen LogP contribution in [0.15, 0.2) is 57.5 Å². The zero-order valence-corrected chi connectivity index (χ0v) is 29.1. The predicted molar refractivity (Wildman–Crippen MR) is 185 cm³/mol. The van der Waals surface area contributed by atoms with Crippen molar-refractivity contribution in [2.45, 2.75) is 47.6 Å². The Balaban J connectivity index is 1.63. The molecule has 3 aromatic heterocycles. The average Bonchev–Trinajstić information content (AvgIpc) is 3.62. The fraction of sp³-hybridized carbons (Fsp3) is 0.278. The maximum atomic E-state index is 14.5. The summed E-state index contributed by atoms with van der Waals surface area (Å²) in [6.07, 6.45) is 1.87. The third-order valence-corrected chi connectivity index (χ3v) is 10.9. The van der Waals surface area contributed by atoms with E-state index in [0.29, 0.717) is 37.7 Å². The van der Waals surface area contributed by atoms with Gasteiger partial charge in [0.05, 0.1) is 42.2 Å². The third-order valence-electron chi connectivity index (χ3n) is 8.68. The molecule has 1 aliphatic heterocycles. The number of methoxy groups -OCH3 is 2. The van der Waals surface area contributed by atoms with Crippen LogP contribution in [-0.4, -0.2) is 35.9 Å². The first kappa shape index (κ1) is 32.0. The molecule has 0 fully saturated rings. The van der Waals surface area contributed by atoms with Crippen molar-refractivity contribution in [3.05, 3.63) is 106 Å². The highest BCUT2D eigenvalue weighted by atomic mass is 32.1. The first-order valence-corrected chi connectivity index (χ1v) is 16.7. The molecule has 0 amide bonds. The van der Waals surface area contributed by atoms with Crippen molar-refractivity contribution < 1.29 is 19.0 Å². The number of ether oxygens (including phenoxy) is 3. The van der Waals surface area contributed by atoms with Crippen LogP contribution in [0.4, 0.5) is 0 Å². The smallest absolute Gasteiger partial charge is 0.338 e. The van der Waals surface area contributed by atoms with Crippen molar-refractivity contribution in [1.82, 2.24) is 9.13 Å². The molecule has 5 aromatic rings. The molecular formula is C36H34N4O5S2. The highest BCUT2D eigenvalue weighted by molar-refractivity contribution is 7.15. The largest absolute Gasteiger partial charge is 0.497 e. The Bertz CT molecular complexity index is 2360. The lowest BCUT2D eigenvalue weighted by Gasteiger charge is -2.27. The molecule has 2 aromatic carbocycles. The number of carbonyl (C=O) groups is 1. The van der Waals surface area contributed by atoms with Gasteiger partial charge in [-0.25, -0.2) is 9.79 Å². The van der Waals surface area contributed by atoms with Gasteiger partial charge in [0.1, 0.15) is 28.6 Å². The van der Waals surface area contributed by atoms with E-state index >= 15 is 0 Å². The number of thiazole rings is 1. The van der Waals surface area contributed by atoms with Crippen molar-refractivity contribution in [3.63, 3.8) is 0 Å². The SMILES string of the molecule is CCOC(=O)C1=C(C)N=c2s/c(=C\c3cc(C)n(-c4sc(C)c(C)c4C#N)c3C)c(=O)n2[C@@H]1c1c(OC)ccc2ccc(OC)cc12. The summed E-state index contributed by atoms with van der Waals surface area (Å²) >= 11 is 2.85. The number of allylic oxidation sites excluding steroid dienone is 1. The maximum Gasteiger partial charge on any atom is 0.338 e. The van der Waals surface area contributed by atoms with Crippen LogP contribution in [0.5, 0.6) is 11.5 Å². The van der Waals surface area contributed by atoms with Crippen molar-refractivity contribution >= 4 is 45.5 Å². The Hall–Kier alpha value is -4.92. The van der Waals surface area contributed by atoms with Gasteiger partial charge in [0.15, 0.2) is 4.80 Å². The topological polar surface area (TPSA) is 108 Å². The van der Waals surface area contributed by atoms with Crippen LogP contribution in [0, 0.1) is 39.0 Å². The van der Waals surface area contributed by atoms with E-state index in [0.717, 1.165) is 43.2 Å². The van der Waals surface area contributed by atoms with Gasteiger partial charge >= 0.3 is 5.97 Å². The molecule has 0 unspecified atom stereocenters. The highest BCUT2D eigenvalue weighted by Crippen LogP contribution is 2.41. The maximum absolute atomic E-state index is 14.5. The quantitative estimate of drug-likeness (QED) is 0.200. The number of aryl methyl sites for hydroxylation is 2. The summed E-state index contributed by atoms with van der Waals surface area (Å²) in [6.45, 7) is 11.6. The van der Waals surface area contributed by atoms with E-state index in [1.165, 1.54) is 11.3 Å². The molecule has 11 heteroatoms. The van der Waals surface area contributed by atoms with Gasteiger partial charge in [-0.15, -0.1) is 11.3 Å². The molecule has 6 rings (SSSR count). The van der Waals surface area contributed by atoms with Gasteiger partial charge in [-0.05, 0) is 93.8 Å². The number of fused-ring (bicyclic) bond motifs is 2. The molecule has 4 heterocycles. The van der Waals surface area contributed by atoms with Gasteiger partial charge in [-0.2, -0.15) is 5.26 Å². The van der Waals surface area contributed by atoms with Crippen LogP contribution in [0.2, 0.25) is 0 Å². The zero-order valence-electron chi connectivity index (χ0n) is 27.5. The summed E-state index contributed by atoms with van der Waals surface area (Å²) in [5.74, 6) is 0.595. The summed E-state index contributed by atoms with van der Waals surface area (Å²) in [7, 11) is 3.16. The molecule has 0 saturated carbocycles. The standard InChI is InChI=1S/C36H34N4O5S2/c1-9-45-35(42)30-20(4)38-36-40(32(30)31-26-16-25(43-7)12-10-23(26)11-13-28(31)44-8)33(41)29(47-36)15-24-14-18(2)39(21(24)5)34-27(17-37)19(3)22(6)46-34/h10-16,32H,9H2,1-8H3/b29-15-/t32-/m0/s1. The predicted octanol–water partition coefficient (Wildman–Crippen LogP) is 5.93. The fourth-order valence-electron chi connectivity index (χ4n) is 6.24. The monoisotopic (exact) mass is 666 g/mol. The van der Waals surface area contributed by atoms with Crippen molar-refractivity contribution in [3.8, 4) is 22.6 Å². The summed E-state index contributed by atoms with van der Waals surface area (Å²) in [5.41, 5.74) is 5.43. The molecule has 1 aliphatic rings. The van der Waals surface area contributed by atoms with Crippen molar-refractivity contribution in [1.29, 1.82) is 5.26 Å². The van der Waals surface area contributed by atoms with Crippen LogP contribution in [0.1, 0.15) is 58.4 Å². The Morgan fingerprint density at radius 3 is 2.49 bits per heavy atom. The first-order valence-electron chi connectivity index (χ1n) is 15.1. The van der Waals surface area contributed by atoms with E-state index in [1.807, 2.05) is 70.2 Å². The Kier molecular flexibility index (Phi) is 8.42. The molecule has 0 radical (unpaired) electrons. The van der Waals surface area contributed by atoms with E-state index < -0.39 is 12.0 Å². The molecule has 0 saturated heterocycles. The highest BCUT2D eigenvalue weighted by Gasteiger charge is 2.36. The lowest BCUT2D eigenvalue weighted by Crippen LogP contribution is -2.40. The summed E-state index contributed by atoms with van der Waals surface area (Å²) < 4.78 is 21.1. The molecule has 0 spiro atoms. The molecule has 0 aliphatic carbocycles. The minimum absolute atomic E-state index is 0.166. The number of hydrogen-bond donors (Lipinski definition) is 0. The molecule has 9 nitrogen and oxygen atoms in total. The van der Waals surface area contributed by atoms with Crippen LogP contribution in [-0.2, 0) is 9.53 Å². The fourth-order valence-corrected chi connectivity index (χ4v) is 8.49. The minimum Gasteiger partial charge on any atom is -0.497 e. The second-order valence-electron chi connectivity index (χ2n) is 11.3. The third kappa shape index (κ3) is 5.18. The van der Waals surface area contributed by atoms with Crippen LogP contribution in [0.25, 0.3) is 21.8 Å². The van der Waals surface area contributed by atoms with Gasteiger partial charge < -0.3 is 18.8 Å². The van der Waals surface area contributed by atoms with E-state index in [4.69, 9.17) is 19.2 Å². The minimum atomic E-state index is -0.874. The number of benzene rings is 2. The molecule has 47 heavy (non-hydrogen) atoms. The van der Waals surface area contributed by atoms with Crippen LogP contribution < -0.4 is 24.4 Å². The second kappa shape index (κ2) is 12.4. The lowest BCUT2D eigenvalue weighted by atomic mass is 9.90. The number of thiophene rings is 1. The Labute approximate surface area is 279 Å². The summed E-state index contributed by atoms with van der Waals surface area (Å²) in [6, 6.07) is 13.0. The summed E-state index contributed by atoms with van der Waals surface area (Å²) in [5, 5.41) is 12.5. The number of carbonyl (C=O) groups excluding carboxylic acids is 1. The van der Waals surface area contributed by atoms with E-state index in [9.17, 15) is 14.9 Å². The zero-order chi connectivity index (χ0) is 33.7. The Morgan fingerprint density at radius 1 is 1.06 bits per heavy atom. The normalized spacial score (nSPS) is 14.6. The molecular weight excluding hydrogens is 633 g/mol. The molecule has 0 N–H and O–H groups in total. The second-order valence-corrected chi connectivity index (χ2v) is 13.5. The number of nitrogens with zero attached hydrogens (tertiary/aromatic N) is 4.